The first-order chi connectivity index (χ1) is 6.22. The standard InChI is InChI=1S/C9H6Cl2O2/c10-6-5-9(12)13-8-3-1-7(11)2-4-8/h1-6H/b6-5-. The van der Waals surface area contributed by atoms with E-state index in [1.807, 2.05) is 0 Å². The molecular formula is C9H6Cl2O2. The van der Waals surface area contributed by atoms with E-state index in [0.29, 0.717) is 10.8 Å². The summed E-state index contributed by atoms with van der Waals surface area (Å²) in [7, 11) is 0. The quantitative estimate of drug-likeness (QED) is 0.432. The lowest BCUT2D eigenvalue weighted by Crippen LogP contribution is -2.02. The fourth-order valence-electron chi connectivity index (χ4n) is 0.704. The molecule has 4 heteroatoms. The molecule has 0 saturated heterocycles. The van der Waals surface area contributed by atoms with Crippen molar-refractivity contribution in [1.29, 1.82) is 0 Å². The Bertz CT molecular complexity index is 317. The number of carbonyl (C=O) groups excluding carboxylic acids is 1. The molecule has 0 fully saturated rings. The van der Waals surface area contributed by atoms with Gasteiger partial charge >= 0.3 is 5.97 Å². The molecule has 0 amide bonds. The third-order valence-electron chi connectivity index (χ3n) is 1.23. The maximum absolute atomic E-state index is 10.9. The molecule has 0 aliphatic rings. The van der Waals surface area contributed by atoms with Crippen LogP contribution in [-0.4, -0.2) is 5.97 Å². The maximum Gasteiger partial charge on any atom is 0.337 e. The lowest BCUT2D eigenvalue weighted by atomic mass is 10.3. The van der Waals surface area contributed by atoms with Gasteiger partial charge in [-0.05, 0) is 24.3 Å². The van der Waals surface area contributed by atoms with Gasteiger partial charge in [0.2, 0.25) is 0 Å². The normalized spacial score (nSPS) is 10.3. The molecule has 0 N–H and O–H groups in total. The zero-order valence-corrected chi connectivity index (χ0v) is 8.05. The number of hydrogen-bond acceptors (Lipinski definition) is 2. The van der Waals surface area contributed by atoms with Crippen molar-refractivity contribution in [2.45, 2.75) is 0 Å². The molecule has 2 nitrogen and oxygen atoms in total. The van der Waals surface area contributed by atoms with Crippen molar-refractivity contribution in [1.82, 2.24) is 0 Å². The Morgan fingerprint density at radius 1 is 1.31 bits per heavy atom. The van der Waals surface area contributed by atoms with Gasteiger partial charge in [-0.1, -0.05) is 23.2 Å². The second kappa shape index (κ2) is 4.90. The van der Waals surface area contributed by atoms with Crippen LogP contribution in [0.1, 0.15) is 0 Å². The number of carbonyl (C=O) groups is 1. The molecule has 1 aromatic carbocycles. The van der Waals surface area contributed by atoms with E-state index in [9.17, 15) is 4.79 Å². The van der Waals surface area contributed by atoms with Gasteiger partial charge in [-0.2, -0.15) is 0 Å². The predicted molar refractivity (Wildman–Crippen MR) is 52.1 cm³/mol. The molecule has 0 atom stereocenters. The van der Waals surface area contributed by atoms with Gasteiger partial charge in [-0.25, -0.2) is 4.79 Å². The van der Waals surface area contributed by atoms with E-state index in [-0.39, 0.29) is 0 Å². The predicted octanol–water partition coefficient (Wildman–Crippen LogP) is 3.00. The van der Waals surface area contributed by atoms with E-state index >= 15 is 0 Å². The van der Waals surface area contributed by atoms with Crippen LogP contribution in [0.5, 0.6) is 5.75 Å². The second-order valence-electron chi connectivity index (χ2n) is 2.17. The fourth-order valence-corrected chi connectivity index (χ4v) is 0.933. The molecule has 0 spiro atoms. The van der Waals surface area contributed by atoms with Crippen LogP contribution in [0.15, 0.2) is 35.9 Å². The Labute approximate surface area is 85.7 Å². The summed E-state index contributed by atoms with van der Waals surface area (Å²) in [5.74, 6) is -0.0820. The topological polar surface area (TPSA) is 26.3 Å². The average molecular weight is 217 g/mol. The molecule has 13 heavy (non-hydrogen) atoms. The van der Waals surface area contributed by atoms with Gasteiger partial charge in [0.1, 0.15) is 5.75 Å². The van der Waals surface area contributed by atoms with Crippen LogP contribution in [0.3, 0.4) is 0 Å². The molecule has 68 valence electrons. The number of halogens is 2. The monoisotopic (exact) mass is 216 g/mol. The molecule has 0 saturated carbocycles. The van der Waals surface area contributed by atoms with Gasteiger partial charge in [0.15, 0.2) is 0 Å². The van der Waals surface area contributed by atoms with Crippen LogP contribution in [0.4, 0.5) is 0 Å². The summed E-state index contributed by atoms with van der Waals surface area (Å²) in [4.78, 5) is 10.9. The van der Waals surface area contributed by atoms with E-state index in [1.54, 1.807) is 24.3 Å². The lowest BCUT2D eigenvalue weighted by molar-refractivity contribution is -0.128. The van der Waals surface area contributed by atoms with E-state index in [0.717, 1.165) is 11.6 Å². The number of rotatable bonds is 2. The Kier molecular flexibility index (Phi) is 3.80. The molecule has 1 rings (SSSR count). The first kappa shape index (κ1) is 10.1. The van der Waals surface area contributed by atoms with Crippen LogP contribution in [0, 0.1) is 0 Å². The first-order valence-corrected chi connectivity index (χ1v) is 4.28. The van der Waals surface area contributed by atoms with Crippen molar-refractivity contribution >= 4 is 29.2 Å². The molecule has 0 aliphatic heterocycles. The van der Waals surface area contributed by atoms with Crippen LogP contribution < -0.4 is 4.74 Å². The molecule has 0 radical (unpaired) electrons. The fraction of sp³-hybridized carbons (Fsp3) is 0. The SMILES string of the molecule is O=C(/C=C\Cl)Oc1ccc(Cl)cc1. The summed E-state index contributed by atoms with van der Waals surface area (Å²) in [5, 5.41) is 0.590. The van der Waals surface area contributed by atoms with Crippen LogP contribution in [0.2, 0.25) is 5.02 Å². The minimum atomic E-state index is -0.516. The highest BCUT2D eigenvalue weighted by Crippen LogP contribution is 2.15. The summed E-state index contributed by atoms with van der Waals surface area (Å²) in [6, 6.07) is 6.47. The number of ether oxygens (including phenoxy) is 1. The zero-order valence-electron chi connectivity index (χ0n) is 6.54. The summed E-state index contributed by atoms with van der Waals surface area (Å²) >= 11 is 10.8. The highest BCUT2D eigenvalue weighted by molar-refractivity contribution is 6.30. The molecule has 0 heterocycles. The summed E-state index contributed by atoms with van der Waals surface area (Å²) < 4.78 is 4.84. The average Bonchev–Trinajstić information content (AvgIpc) is 2.09. The van der Waals surface area contributed by atoms with Gasteiger partial charge in [0, 0.05) is 16.6 Å². The molecule has 0 aromatic heterocycles. The Morgan fingerprint density at radius 3 is 2.46 bits per heavy atom. The lowest BCUT2D eigenvalue weighted by Gasteiger charge is -1.99. The molecule has 0 bridgehead atoms. The number of hydrogen-bond donors (Lipinski definition) is 0. The van der Waals surface area contributed by atoms with Crippen LogP contribution in [0.25, 0.3) is 0 Å². The Hall–Kier alpha value is -0.990. The molecule has 1 aromatic rings. The smallest absolute Gasteiger partial charge is 0.337 e. The molecule has 0 unspecified atom stereocenters. The number of esters is 1. The highest BCUT2D eigenvalue weighted by atomic mass is 35.5. The minimum absolute atomic E-state index is 0.434. The highest BCUT2D eigenvalue weighted by Gasteiger charge is 1.98. The molecular weight excluding hydrogens is 211 g/mol. The van der Waals surface area contributed by atoms with Crippen molar-refractivity contribution in [3.63, 3.8) is 0 Å². The van der Waals surface area contributed by atoms with E-state index in [2.05, 4.69) is 0 Å². The maximum atomic E-state index is 10.9. The zero-order chi connectivity index (χ0) is 9.68. The van der Waals surface area contributed by atoms with Gasteiger partial charge in [0.05, 0.1) is 0 Å². The third-order valence-corrected chi connectivity index (χ3v) is 1.61. The van der Waals surface area contributed by atoms with Crippen molar-refractivity contribution in [3.05, 3.63) is 40.9 Å². The van der Waals surface area contributed by atoms with E-state index < -0.39 is 5.97 Å². The minimum Gasteiger partial charge on any atom is -0.423 e. The van der Waals surface area contributed by atoms with Crippen LogP contribution >= 0.6 is 23.2 Å². The van der Waals surface area contributed by atoms with Gasteiger partial charge in [-0.3, -0.25) is 0 Å². The van der Waals surface area contributed by atoms with Crippen molar-refractivity contribution < 1.29 is 9.53 Å². The summed E-state index contributed by atoms with van der Waals surface area (Å²) in [5.41, 5.74) is 1.10. The van der Waals surface area contributed by atoms with Crippen LogP contribution in [-0.2, 0) is 4.79 Å². The largest absolute Gasteiger partial charge is 0.423 e. The third kappa shape index (κ3) is 3.49. The van der Waals surface area contributed by atoms with E-state index in [4.69, 9.17) is 27.9 Å². The Morgan fingerprint density at radius 2 is 1.92 bits per heavy atom. The van der Waals surface area contributed by atoms with Gasteiger partial charge in [0.25, 0.3) is 0 Å². The van der Waals surface area contributed by atoms with Gasteiger partial charge < -0.3 is 4.74 Å². The van der Waals surface area contributed by atoms with E-state index in [1.165, 1.54) is 0 Å². The van der Waals surface area contributed by atoms with Gasteiger partial charge in [-0.15, -0.1) is 0 Å². The summed E-state index contributed by atoms with van der Waals surface area (Å²) in [6.45, 7) is 0. The number of benzene rings is 1. The first-order valence-electron chi connectivity index (χ1n) is 3.46. The van der Waals surface area contributed by atoms with Crippen molar-refractivity contribution in [3.8, 4) is 5.75 Å². The van der Waals surface area contributed by atoms with Crippen molar-refractivity contribution in [2.24, 2.45) is 0 Å². The summed E-state index contributed by atoms with van der Waals surface area (Å²) in [6.07, 6.45) is 1.12. The second-order valence-corrected chi connectivity index (χ2v) is 2.86. The Balaban J connectivity index is 2.64. The molecule has 0 aliphatic carbocycles. The van der Waals surface area contributed by atoms with Crippen molar-refractivity contribution in [2.75, 3.05) is 0 Å².